The average Bonchev–Trinajstić information content (AvgIpc) is 3.16. The van der Waals surface area contributed by atoms with E-state index in [0.717, 1.165) is 17.8 Å². The van der Waals surface area contributed by atoms with Gasteiger partial charge < -0.3 is 5.11 Å². The van der Waals surface area contributed by atoms with Crippen LogP contribution in [-0.4, -0.2) is 34.0 Å². The van der Waals surface area contributed by atoms with Gasteiger partial charge in [0.2, 0.25) is 0 Å². The zero-order valence-corrected chi connectivity index (χ0v) is 13.4. The van der Waals surface area contributed by atoms with Crippen LogP contribution in [-0.2, 0) is 17.5 Å². The van der Waals surface area contributed by atoms with Gasteiger partial charge in [-0.3, -0.25) is 9.69 Å². The smallest absolute Gasteiger partial charge is 0.416 e. The number of carbonyl (C=O) groups is 1. The van der Waals surface area contributed by atoms with Crippen LogP contribution in [0.2, 0.25) is 0 Å². The number of aliphatic carboxylic acids is 1. The highest BCUT2D eigenvalue weighted by atomic mass is 32.1. The Labute approximate surface area is 140 Å². The predicted molar refractivity (Wildman–Crippen MR) is 83.6 cm³/mol. The molecule has 8 heteroatoms. The number of hydrogen-bond acceptors (Lipinski definition) is 4. The lowest BCUT2D eigenvalue weighted by atomic mass is 10.1. The minimum absolute atomic E-state index is 0.335. The molecule has 1 aliphatic heterocycles. The van der Waals surface area contributed by atoms with Crippen molar-refractivity contribution in [1.29, 1.82) is 0 Å². The summed E-state index contributed by atoms with van der Waals surface area (Å²) in [4.78, 5) is 17.5. The summed E-state index contributed by atoms with van der Waals surface area (Å²) in [6.07, 6.45) is -3.71. The number of thiazole rings is 1. The van der Waals surface area contributed by atoms with E-state index < -0.39 is 17.7 Å². The fraction of sp³-hybridized carbons (Fsp3) is 0.375. The largest absolute Gasteiger partial charge is 0.481 e. The number of rotatable bonds is 4. The van der Waals surface area contributed by atoms with Crippen LogP contribution in [0.25, 0.3) is 10.6 Å². The molecule has 24 heavy (non-hydrogen) atoms. The number of nitrogens with zero attached hydrogens (tertiary/aromatic N) is 2. The van der Waals surface area contributed by atoms with Gasteiger partial charge in [0.15, 0.2) is 0 Å². The molecular formula is C16H15F3N2O2S. The Hall–Kier alpha value is -1.93. The van der Waals surface area contributed by atoms with E-state index >= 15 is 0 Å². The molecular weight excluding hydrogens is 341 g/mol. The van der Waals surface area contributed by atoms with Crippen LogP contribution < -0.4 is 0 Å². The number of aromatic nitrogens is 1. The van der Waals surface area contributed by atoms with E-state index in [1.807, 2.05) is 10.3 Å². The van der Waals surface area contributed by atoms with Crippen molar-refractivity contribution >= 4 is 17.3 Å². The fourth-order valence-corrected chi connectivity index (χ4v) is 3.54. The summed E-state index contributed by atoms with van der Waals surface area (Å²) in [6.45, 7) is 1.77. The molecule has 0 saturated carbocycles. The first kappa shape index (κ1) is 16.9. The molecule has 0 aliphatic carbocycles. The normalized spacial score (nSPS) is 18.9. The van der Waals surface area contributed by atoms with Gasteiger partial charge in [-0.05, 0) is 25.1 Å². The zero-order valence-electron chi connectivity index (χ0n) is 12.6. The Morgan fingerprint density at radius 1 is 1.33 bits per heavy atom. The molecule has 1 unspecified atom stereocenters. The van der Waals surface area contributed by atoms with Gasteiger partial charge in [0.25, 0.3) is 0 Å². The van der Waals surface area contributed by atoms with Gasteiger partial charge in [0.05, 0.1) is 17.2 Å². The molecule has 0 spiro atoms. The van der Waals surface area contributed by atoms with E-state index in [0.29, 0.717) is 36.6 Å². The molecule has 128 valence electrons. The maximum atomic E-state index is 12.6. The molecule has 1 N–H and O–H groups in total. The maximum Gasteiger partial charge on any atom is 0.416 e. The predicted octanol–water partition coefficient (Wildman–Crippen LogP) is 3.74. The van der Waals surface area contributed by atoms with E-state index in [2.05, 4.69) is 4.98 Å². The van der Waals surface area contributed by atoms with Gasteiger partial charge in [-0.1, -0.05) is 12.1 Å². The standard InChI is InChI=1S/C16H15F3N2O2S/c17-16(18,19)12-3-1-10(2-4-12)14-20-13(9-24-14)8-21-6-5-11(7-21)15(22)23/h1-4,9,11H,5-8H2,(H,22,23). The Kier molecular flexibility index (Phi) is 4.60. The zero-order chi connectivity index (χ0) is 17.3. The lowest BCUT2D eigenvalue weighted by molar-refractivity contribution is -0.141. The SMILES string of the molecule is O=C(O)C1CCN(Cc2csc(-c3ccc(C(F)(F)F)cc3)n2)C1. The average molecular weight is 356 g/mol. The second-order valence-corrected chi connectivity index (χ2v) is 6.64. The van der Waals surface area contributed by atoms with Gasteiger partial charge >= 0.3 is 12.1 Å². The number of alkyl halides is 3. The molecule has 2 heterocycles. The highest BCUT2D eigenvalue weighted by molar-refractivity contribution is 7.13. The van der Waals surface area contributed by atoms with Crippen LogP contribution in [0.5, 0.6) is 0 Å². The minimum Gasteiger partial charge on any atom is -0.481 e. The van der Waals surface area contributed by atoms with Gasteiger partial charge in [0, 0.05) is 24.0 Å². The molecule has 1 aromatic heterocycles. The minimum atomic E-state index is -4.34. The summed E-state index contributed by atoms with van der Waals surface area (Å²) in [5.41, 5.74) is 0.768. The molecule has 1 saturated heterocycles. The topological polar surface area (TPSA) is 53.4 Å². The van der Waals surface area contributed by atoms with E-state index in [1.54, 1.807) is 0 Å². The molecule has 1 atom stereocenters. The second-order valence-electron chi connectivity index (χ2n) is 5.78. The number of carboxylic acid groups (broad SMARTS) is 1. The van der Waals surface area contributed by atoms with Crippen LogP contribution >= 0.6 is 11.3 Å². The first-order valence-electron chi connectivity index (χ1n) is 7.40. The van der Waals surface area contributed by atoms with Crippen molar-refractivity contribution < 1.29 is 23.1 Å². The lowest BCUT2D eigenvalue weighted by Crippen LogP contribution is -2.22. The first-order valence-corrected chi connectivity index (χ1v) is 8.28. The third-order valence-corrected chi connectivity index (χ3v) is 4.96. The molecule has 3 rings (SSSR count). The highest BCUT2D eigenvalue weighted by Gasteiger charge is 2.30. The Morgan fingerprint density at radius 3 is 2.62 bits per heavy atom. The molecule has 4 nitrogen and oxygen atoms in total. The fourth-order valence-electron chi connectivity index (χ4n) is 2.72. The van der Waals surface area contributed by atoms with Crippen LogP contribution in [0.3, 0.4) is 0 Å². The van der Waals surface area contributed by atoms with Crippen molar-refractivity contribution in [2.24, 2.45) is 5.92 Å². The molecule has 0 radical (unpaired) electrons. The third kappa shape index (κ3) is 3.76. The summed E-state index contributed by atoms with van der Waals surface area (Å²) in [6, 6.07) is 4.94. The quantitative estimate of drug-likeness (QED) is 0.907. The van der Waals surface area contributed by atoms with Crippen molar-refractivity contribution in [3.63, 3.8) is 0 Å². The van der Waals surface area contributed by atoms with Crippen LogP contribution in [0.15, 0.2) is 29.6 Å². The number of carboxylic acids is 1. The van der Waals surface area contributed by atoms with E-state index in [9.17, 15) is 18.0 Å². The van der Waals surface area contributed by atoms with Crippen LogP contribution in [0.4, 0.5) is 13.2 Å². The molecule has 1 aliphatic rings. The van der Waals surface area contributed by atoms with E-state index in [-0.39, 0.29) is 5.92 Å². The first-order chi connectivity index (χ1) is 11.3. The molecule has 0 amide bonds. The third-order valence-electron chi connectivity index (χ3n) is 4.02. The summed E-state index contributed by atoms with van der Waals surface area (Å²) in [5, 5.41) is 11.5. The molecule has 0 bridgehead atoms. The summed E-state index contributed by atoms with van der Waals surface area (Å²) in [5.74, 6) is -1.11. The summed E-state index contributed by atoms with van der Waals surface area (Å²) in [7, 11) is 0. The van der Waals surface area contributed by atoms with Gasteiger partial charge in [-0.15, -0.1) is 11.3 Å². The van der Waals surface area contributed by atoms with Crippen LogP contribution in [0, 0.1) is 5.92 Å². The molecule has 1 fully saturated rings. The van der Waals surface area contributed by atoms with E-state index in [4.69, 9.17) is 5.11 Å². The van der Waals surface area contributed by atoms with E-state index in [1.165, 1.54) is 23.5 Å². The van der Waals surface area contributed by atoms with Gasteiger partial charge in [-0.2, -0.15) is 13.2 Å². The van der Waals surface area contributed by atoms with Crippen molar-refractivity contribution in [3.8, 4) is 10.6 Å². The van der Waals surface area contributed by atoms with Crippen molar-refractivity contribution in [2.45, 2.75) is 19.1 Å². The van der Waals surface area contributed by atoms with Gasteiger partial charge in [-0.25, -0.2) is 4.98 Å². The Balaban J connectivity index is 1.66. The highest BCUT2D eigenvalue weighted by Crippen LogP contribution is 2.32. The lowest BCUT2D eigenvalue weighted by Gasteiger charge is -2.12. The second kappa shape index (κ2) is 6.52. The Morgan fingerprint density at radius 2 is 2.04 bits per heavy atom. The number of benzene rings is 1. The van der Waals surface area contributed by atoms with Crippen molar-refractivity contribution in [1.82, 2.24) is 9.88 Å². The Bertz CT molecular complexity index is 728. The summed E-state index contributed by atoms with van der Waals surface area (Å²) >= 11 is 1.37. The monoisotopic (exact) mass is 356 g/mol. The van der Waals surface area contributed by atoms with Gasteiger partial charge in [0.1, 0.15) is 5.01 Å². The summed E-state index contributed by atoms with van der Waals surface area (Å²) < 4.78 is 37.7. The van der Waals surface area contributed by atoms with Crippen LogP contribution in [0.1, 0.15) is 17.7 Å². The maximum absolute atomic E-state index is 12.6. The molecule has 2 aromatic rings. The number of halogens is 3. The van der Waals surface area contributed by atoms with Crippen molar-refractivity contribution in [3.05, 3.63) is 40.9 Å². The number of likely N-dealkylation sites (tertiary alicyclic amines) is 1. The number of hydrogen-bond donors (Lipinski definition) is 1. The van der Waals surface area contributed by atoms with Crippen molar-refractivity contribution in [2.75, 3.05) is 13.1 Å². The molecule has 1 aromatic carbocycles.